The SMILES string of the molecule is COC(=O)c1ccc(CN2CCc3ccccc3CC2)cc1. The molecule has 0 saturated carbocycles. The molecule has 1 heterocycles. The van der Waals surface area contributed by atoms with E-state index in [1.807, 2.05) is 24.3 Å². The van der Waals surface area contributed by atoms with E-state index < -0.39 is 0 Å². The molecule has 0 atom stereocenters. The molecule has 0 bridgehead atoms. The molecular formula is C19H21NO2. The second-order valence-corrected chi connectivity index (χ2v) is 5.73. The van der Waals surface area contributed by atoms with Crippen LogP contribution in [0, 0.1) is 0 Å². The predicted molar refractivity (Wildman–Crippen MR) is 86.9 cm³/mol. The summed E-state index contributed by atoms with van der Waals surface area (Å²) in [6.07, 6.45) is 2.22. The fourth-order valence-electron chi connectivity index (χ4n) is 2.99. The van der Waals surface area contributed by atoms with Gasteiger partial charge in [-0.15, -0.1) is 0 Å². The average Bonchev–Trinajstić information content (AvgIpc) is 2.78. The third-order valence-corrected chi connectivity index (χ3v) is 4.29. The van der Waals surface area contributed by atoms with Crippen molar-refractivity contribution in [2.24, 2.45) is 0 Å². The zero-order valence-electron chi connectivity index (χ0n) is 12.9. The molecule has 0 fully saturated rings. The molecule has 114 valence electrons. The lowest BCUT2D eigenvalue weighted by Crippen LogP contribution is -2.25. The number of fused-ring (bicyclic) bond motifs is 1. The van der Waals surface area contributed by atoms with Gasteiger partial charge in [-0.05, 0) is 41.7 Å². The number of rotatable bonds is 3. The Morgan fingerprint density at radius 3 is 2.14 bits per heavy atom. The Hall–Kier alpha value is -2.13. The number of nitrogens with zero attached hydrogens (tertiary/aromatic N) is 1. The van der Waals surface area contributed by atoms with Gasteiger partial charge in [0.1, 0.15) is 0 Å². The van der Waals surface area contributed by atoms with E-state index in [9.17, 15) is 4.79 Å². The van der Waals surface area contributed by atoms with Crippen molar-refractivity contribution in [2.75, 3.05) is 20.2 Å². The molecule has 0 aliphatic carbocycles. The molecule has 1 aliphatic rings. The van der Waals surface area contributed by atoms with Crippen LogP contribution in [0.1, 0.15) is 27.0 Å². The van der Waals surface area contributed by atoms with E-state index in [0.29, 0.717) is 5.56 Å². The maximum atomic E-state index is 11.5. The van der Waals surface area contributed by atoms with Crippen LogP contribution in [0.25, 0.3) is 0 Å². The van der Waals surface area contributed by atoms with Crippen LogP contribution in [-0.4, -0.2) is 31.1 Å². The lowest BCUT2D eigenvalue weighted by Gasteiger charge is -2.19. The average molecular weight is 295 g/mol. The first-order valence-corrected chi connectivity index (χ1v) is 7.72. The summed E-state index contributed by atoms with van der Waals surface area (Å²) >= 11 is 0. The number of carbonyl (C=O) groups is 1. The molecule has 0 amide bonds. The van der Waals surface area contributed by atoms with Gasteiger partial charge in [0.15, 0.2) is 0 Å². The van der Waals surface area contributed by atoms with Gasteiger partial charge in [0.2, 0.25) is 0 Å². The van der Waals surface area contributed by atoms with E-state index in [1.54, 1.807) is 0 Å². The van der Waals surface area contributed by atoms with Gasteiger partial charge in [0.25, 0.3) is 0 Å². The minimum atomic E-state index is -0.281. The Kier molecular flexibility index (Phi) is 4.54. The summed E-state index contributed by atoms with van der Waals surface area (Å²) < 4.78 is 4.73. The molecule has 0 saturated heterocycles. The molecule has 3 heteroatoms. The lowest BCUT2D eigenvalue weighted by atomic mass is 10.0. The number of hydrogen-bond acceptors (Lipinski definition) is 3. The van der Waals surface area contributed by atoms with E-state index in [-0.39, 0.29) is 5.97 Å². The van der Waals surface area contributed by atoms with Crippen LogP contribution in [0.5, 0.6) is 0 Å². The van der Waals surface area contributed by atoms with Gasteiger partial charge >= 0.3 is 5.97 Å². The zero-order valence-corrected chi connectivity index (χ0v) is 12.9. The first kappa shape index (κ1) is 14.8. The highest BCUT2D eigenvalue weighted by Gasteiger charge is 2.14. The van der Waals surface area contributed by atoms with Gasteiger partial charge in [-0.3, -0.25) is 4.90 Å². The first-order valence-electron chi connectivity index (χ1n) is 7.72. The third-order valence-electron chi connectivity index (χ3n) is 4.29. The lowest BCUT2D eigenvalue weighted by molar-refractivity contribution is 0.0600. The fraction of sp³-hybridized carbons (Fsp3) is 0.316. The standard InChI is InChI=1S/C19H21NO2/c1-22-19(21)18-8-6-15(7-9-18)14-20-12-10-16-4-2-3-5-17(16)11-13-20/h2-9H,10-14H2,1H3. The molecular weight excluding hydrogens is 274 g/mol. The Balaban J connectivity index is 1.63. The van der Waals surface area contributed by atoms with Crippen molar-refractivity contribution in [2.45, 2.75) is 19.4 Å². The van der Waals surface area contributed by atoms with Crippen LogP contribution in [0.3, 0.4) is 0 Å². The summed E-state index contributed by atoms with van der Waals surface area (Å²) in [5.74, 6) is -0.281. The summed E-state index contributed by atoms with van der Waals surface area (Å²) in [6.45, 7) is 3.08. The van der Waals surface area contributed by atoms with Crippen molar-refractivity contribution in [3.8, 4) is 0 Å². The quantitative estimate of drug-likeness (QED) is 0.815. The van der Waals surface area contributed by atoms with Crippen molar-refractivity contribution >= 4 is 5.97 Å². The van der Waals surface area contributed by atoms with Crippen LogP contribution in [0.2, 0.25) is 0 Å². The Labute approximate surface area is 131 Å². The Bertz CT molecular complexity index is 622. The minimum absolute atomic E-state index is 0.281. The van der Waals surface area contributed by atoms with Crippen molar-refractivity contribution < 1.29 is 9.53 Å². The topological polar surface area (TPSA) is 29.5 Å². The van der Waals surface area contributed by atoms with Crippen LogP contribution in [0.15, 0.2) is 48.5 Å². The normalized spacial score (nSPS) is 15.0. The van der Waals surface area contributed by atoms with Crippen LogP contribution in [0.4, 0.5) is 0 Å². The highest BCUT2D eigenvalue weighted by molar-refractivity contribution is 5.89. The Morgan fingerprint density at radius 2 is 1.59 bits per heavy atom. The van der Waals surface area contributed by atoms with Gasteiger partial charge in [-0.2, -0.15) is 0 Å². The number of esters is 1. The zero-order chi connectivity index (χ0) is 15.4. The summed E-state index contributed by atoms with van der Waals surface area (Å²) in [4.78, 5) is 13.9. The number of benzene rings is 2. The summed E-state index contributed by atoms with van der Waals surface area (Å²) in [7, 11) is 1.41. The molecule has 0 spiro atoms. The monoisotopic (exact) mass is 295 g/mol. The molecule has 2 aromatic rings. The number of carbonyl (C=O) groups excluding carboxylic acids is 1. The van der Waals surface area contributed by atoms with Crippen molar-refractivity contribution in [3.05, 3.63) is 70.8 Å². The van der Waals surface area contributed by atoms with Crippen molar-refractivity contribution in [1.29, 1.82) is 0 Å². The number of methoxy groups -OCH3 is 1. The van der Waals surface area contributed by atoms with Gasteiger partial charge in [-0.1, -0.05) is 36.4 Å². The van der Waals surface area contributed by atoms with Crippen LogP contribution in [-0.2, 0) is 24.1 Å². The first-order chi connectivity index (χ1) is 10.8. The maximum Gasteiger partial charge on any atom is 0.337 e. The molecule has 0 radical (unpaired) electrons. The van der Waals surface area contributed by atoms with Gasteiger partial charge in [-0.25, -0.2) is 4.79 Å². The highest BCUT2D eigenvalue weighted by atomic mass is 16.5. The smallest absolute Gasteiger partial charge is 0.337 e. The highest BCUT2D eigenvalue weighted by Crippen LogP contribution is 2.17. The fourth-order valence-corrected chi connectivity index (χ4v) is 2.99. The van der Waals surface area contributed by atoms with Crippen LogP contribution >= 0.6 is 0 Å². The molecule has 0 N–H and O–H groups in total. The number of ether oxygens (including phenoxy) is 1. The molecule has 3 rings (SSSR count). The second-order valence-electron chi connectivity index (χ2n) is 5.73. The van der Waals surface area contributed by atoms with Crippen LogP contribution < -0.4 is 0 Å². The number of hydrogen-bond donors (Lipinski definition) is 0. The van der Waals surface area contributed by atoms with Crippen molar-refractivity contribution in [3.63, 3.8) is 0 Å². The molecule has 0 aromatic heterocycles. The predicted octanol–water partition coefficient (Wildman–Crippen LogP) is 3.07. The maximum absolute atomic E-state index is 11.5. The molecule has 2 aromatic carbocycles. The van der Waals surface area contributed by atoms with Gasteiger partial charge in [0.05, 0.1) is 12.7 Å². The second kappa shape index (κ2) is 6.75. The summed E-state index contributed by atoms with van der Waals surface area (Å²) in [5, 5.41) is 0. The largest absolute Gasteiger partial charge is 0.465 e. The summed E-state index contributed by atoms with van der Waals surface area (Å²) in [5.41, 5.74) is 4.80. The molecule has 22 heavy (non-hydrogen) atoms. The molecule has 3 nitrogen and oxygen atoms in total. The Morgan fingerprint density at radius 1 is 1.00 bits per heavy atom. The summed E-state index contributed by atoms with van der Waals surface area (Å²) in [6, 6.07) is 16.4. The van der Waals surface area contributed by atoms with E-state index in [4.69, 9.17) is 4.74 Å². The van der Waals surface area contributed by atoms with Gasteiger partial charge in [0, 0.05) is 19.6 Å². The molecule has 0 unspecified atom stereocenters. The van der Waals surface area contributed by atoms with E-state index >= 15 is 0 Å². The molecule has 1 aliphatic heterocycles. The minimum Gasteiger partial charge on any atom is -0.465 e. The van der Waals surface area contributed by atoms with Gasteiger partial charge < -0.3 is 4.74 Å². The van der Waals surface area contributed by atoms with E-state index in [0.717, 1.165) is 32.5 Å². The third kappa shape index (κ3) is 3.37. The van der Waals surface area contributed by atoms with E-state index in [2.05, 4.69) is 29.2 Å². The van der Waals surface area contributed by atoms with E-state index in [1.165, 1.54) is 23.8 Å². The van der Waals surface area contributed by atoms with Crippen molar-refractivity contribution in [1.82, 2.24) is 4.90 Å².